The first kappa shape index (κ1) is 16.6. The molecule has 0 amide bonds. The van der Waals surface area contributed by atoms with Crippen LogP contribution < -0.4 is 9.46 Å². The Labute approximate surface area is 122 Å². The Hall–Kier alpha value is -0.470. The van der Waals surface area contributed by atoms with Crippen LogP contribution in [0.3, 0.4) is 0 Å². The van der Waals surface area contributed by atoms with E-state index in [4.69, 9.17) is 16.3 Å². The average molecular weight is 326 g/mol. The second kappa shape index (κ2) is 7.35. The van der Waals surface area contributed by atoms with Crippen LogP contribution >= 0.6 is 23.4 Å². The van der Waals surface area contributed by atoms with E-state index in [2.05, 4.69) is 4.72 Å². The number of nitrogens with one attached hydrogen (secondary N) is 1. The molecule has 2 N–H and O–H groups in total. The maximum absolute atomic E-state index is 12.2. The second-order valence-corrected chi connectivity index (χ2v) is 6.80. The third-order valence-corrected chi connectivity index (χ3v) is 4.66. The van der Waals surface area contributed by atoms with E-state index < -0.39 is 10.0 Å². The summed E-state index contributed by atoms with van der Waals surface area (Å²) in [5, 5.41) is 9.45. The van der Waals surface area contributed by atoms with Gasteiger partial charge in [-0.05, 0) is 18.4 Å². The van der Waals surface area contributed by atoms with Gasteiger partial charge in [0.25, 0.3) is 0 Å². The molecule has 108 valence electrons. The molecule has 0 fully saturated rings. The van der Waals surface area contributed by atoms with E-state index in [-0.39, 0.29) is 22.3 Å². The highest BCUT2D eigenvalue weighted by Crippen LogP contribution is 2.31. The number of halogens is 1. The lowest BCUT2D eigenvalue weighted by atomic mass is 10.2. The molecule has 0 aliphatic rings. The number of aliphatic hydroxyl groups is 1. The third kappa shape index (κ3) is 4.25. The van der Waals surface area contributed by atoms with E-state index >= 15 is 0 Å². The summed E-state index contributed by atoms with van der Waals surface area (Å²) in [5.74, 6) is 0.776. The van der Waals surface area contributed by atoms with Crippen molar-refractivity contribution in [2.24, 2.45) is 0 Å². The number of hydrogen-bond acceptors (Lipinski definition) is 5. The lowest BCUT2D eigenvalue weighted by Gasteiger charge is -2.14. The van der Waals surface area contributed by atoms with Crippen molar-refractivity contribution >= 4 is 33.4 Å². The molecule has 8 heteroatoms. The van der Waals surface area contributed by atoms with Gasteiger partial charge in [0, 0.05) is 22.9 Å². The van der Waals surface area contributed by atoms with Gasteiger partial charge < -0.3 is 9.84 Å². The minimum Gasteiger partial charge on any atom is -0.495 e. The lowest BCUT2D eigenvalue weighted by Crippen LogP contribution is -2.26. The van der Waals surface area contributed by atoms with Crippen LogP contribution in [0.1, 0.15) is 5.56 Å². The maximum Gasteiger partial charge on any atom is 0.244 e. The first-order valence-corrected chi connectivity index (χ1v) is 8.67. The topological polar surface area (TPSA) is 75.6 Å². The van der Waals surface area contributed by atoms with Crippen molar-refractivity contribution in [2.75, 3.05) is 25.7 Å². The number of methoxy groups -OCH3 is 1. The predicted octanol–water partition coefficient (Wildman–Crippen LogP) is 1.48. The zero-order valence-corrected chi connectivity index (χ0v) is 13.0. The van der Waals surface area contributed by atoms with E-state index in [0.29, 0.717) is 17.9 Å². The monoisotopic (exact) mass is 325 g/mol. The molecule has 0 heterocycles. The Balaban J connectivity index is 3.21. The fourth-order valence-electron chi connectivity index (χ4n) is 1.53. The Morgan fingerprint density at radius 2 is 2.16 bits per heavy atom. The Morgan fingerprint density at radius 3 is 2.68 bits per heavy atom. The lowest BCUT2D eigenvalue weighted by molar-refractivity contribution is 0.272. The molecule has 0 unspecified atom stereocenters. The minimum atomic E-state index is -3.71. The molecule has 0 spiro atoms. The molecule has 5 nitrogen and oxygen atoms in total. The highest BCUT2D eigenvalue weighted by atomic mass is 35.5. The number of rotatable bonds is 7. The van der Waals surface area contributed by atoms with Crippen molar-refractivity contribution < 1.29 is 18.3 Å². The summed E-state index contributed by atoms with van der Waals surface area (Å²) < 4.78 is 31.9. The molecular formula is C11H16ClNO4S2. The fraction of sp³-hybridized carbons (Fsp3) is 0.455. The molecule has 0 radical (unpaired) electrons. The van der Waals surface area contributed by atoms with Crippen molar-refractivity contribution in [3.05, 3.63) is 22.7 Å². The average Bonchev–Trinajstić information content (AvgIpc) is 2.37. The molecule has 0 aromatic heterocycles. The number of ether oxygens (including phenoxy) is 1. The second-order valence-electron chi connectivity index (χ2n) is 3.64. The van der Waals surface area contributed by atoms with E-state index in [1.807, 2.05) is 6.26 Å². The van der Waals surface area contributed by atoms with Gasteiger partial charge in [0.2, 0.25) is 10.0 Å². The molecule has 0 saturated heterocycles. The molecule has 1 aromatic carbocycles. The number of benzene rings is 1. The van der Waals surface area contributed by atoms with Crippen molar-refractivity contribution in [1.82, 2.24) is 4.72 Å². The van der Waals surface area contributed by atoms with Gasteiger partial charge in [0.1, 0.15) is 10.6 Å². The van der Waals surface area contributed by atoms with Crippen LogP contribution in [0.25, 0.3) is 0 Å². The third-order valence-electron chi connectivity index (χ3n) is 2.36. The normalized spacial score (nSPS) is 11.6. The quantitative estimate of drug-likeness (QED) is 0.743. The Morgan fingerprint density at radius 1 is 1.47 bits per heavy atom. The molecule has 0 bridgehead atoms. The van der Waals surface area contributed by atoms with Crippen LogP contribution in [-0.4, -0.2) is 39.2 Å². The number of hydrogen-bond donors (Lipinski definition) is 2. The molecule has 0 aliphatic carbocycles. The molecule has 0 atom stereocenters. The van der Waals surface area contributed by atoms with Crippen LogP contribution in [0.5, 0.6) is 5.75 Å². The fourth-order valence-corrected chi connectivity index (χ4v) is 3.54. The molecule has 1 aromatic rings. The first-order chi connectivity index (χ1) is 8.96. The minimum absolute atomic E-state index is 0.0624. The van der Waals surface area contributed by atoms with E-state index in [1.54, 1.807) is 0 Å². The van der Waals surface area contributed by atoms with Crippen LogP contribution in [0.2, 0.25) is 5.02 Å². The molecular weight excluding hydrogens is 310 g/mol. The van der Waals surface area contributed by atoms with Crippen LogP contribution in [-0.2, 0) is 16.6 Å². The summed E-state index contributed by atoms with van der Waals surface area (Å²) in [7, 11) is -2.36. The van der Waals surface area contributed by atoms with E-state index in [9.17, 15) is 13.5 Å². The standard InChI is InChI=1S/C11H16ClNO4S2/c1-17-11-8(7-14)5-9(12)6-10(11)19(15,16)13-3-4-18-2/h5-6,13-14H,3-4,7H2,1-2H3. The van der Waals surface area contributed by atoms with Gasteiger partial charge in [-0.1, -0.05) is 11.6 Å². The summed E-state index contributed by atoms with van der Waals surface area (Å²) in [5.41, 5.74) is 0.334. The summed E-state index contributed by atoms with van der Waals surface area (Å²) in [6.07, 6.45) is 1.89. The highest BCUT2D eigenvalue weighted by molar-refractivity contribution is 7.98. The zero-order chi connectivity index (χ0) is 14.5. The van der Waals surface area contributed by atoms with Gasteiger partial charge >= 0.3 is 0 Å². The van der Waals surface area contributed by atoms with Gasteiger partial charge in [-0.25, -0.2) is 13.1 Å². The molecule has 1 rings (SSSR count). The molecule has 0 saturated carbocycles. The number of sulfonamides is 1. The van der Waals surface area contributed by atoms with Crippen LogP contribution in [0, 0.1) is 0 Å². The van der Waals surface area contributed by atoms with Gasteiger partial charge in [-0.3, -0.25) is 0 Å². The summed E-state index contributed by atoms with van der Waals surface area (Å²) in [4.78, 5) is -0.0624. The predicted molar refractivity (Wildman–Crippen MR) is 77.5 cm³/mol. The largest absolute Gasteiger partial charge is 0.495 e. The van der Waals surface area contributed by atoms with Gasteiger partial charge in [-0.15, -0.1) is 0 Å². The van der Waals surface area contributed by atoms with E-state index in [0.717, 1.165) is 0 Å². The first-order valence-electron chi connectivity index (χ1n) is 5.42. The van der Waals surface area contributed by atoms with Crippen LogP contribution in [0.15, 0.2) is 17.0 Å². The Bertz CT molecular complexity index is 534. The van der Waals surface area contributed by atoms with Gasteiger partial charge in [0.05, 0.1) is 13.7 Å². The molecule has 19 heavy (non-hydrogen) atoms. The summed E-state index contributed by atoms with van der Waals surface area (Å²) in [6, 6.07) is 2.78. The number of thioether (sulfide) groups is 1. The van der Waals surface area contributed by atoms with Crippen molar-refractivity contribution in [3.63, 3.8) is 0 Å². The zero-order valence-electron chi connectivity index (χ0n) is 10.6. The van der Waals surface area contributed by atoms with Crippen LogP contribution in [0.4, 0.5) is 0 Å². The smallest absolute Gasteiger partial charge is 0.244 e. The highest BCUT2D eigenvalue weighted by Gasteiger charge is 2.22. The van der Waals surface area contributed by atoms with Crippen molar-refractivity contribution in [2.45, 2.75) is 11.5 Å². The van der Waals surface area contributed by atoms with Gasteiger partial charge in [-0.2, -0.15) is 11.8 Å². The van der Waals surface area contributed by atoms with Crippen molar-refractivity contribution in [3.8, 4) is 5.75 Å². The number of aliphatic hydroxyl groups excluding tert-OH is 1. The van der Waals surface area contributed by atoms with E-state index in [1.165, 1.54) is 31.0 Å². The van der Waals surface area contributed by atoms with Gasteiger partial charge in [0.15, 0.2) is 0 Å². The van der Waals surface area contributed by atoms with Crippen molar-refractivity contribution in [1.29, 1.82) is 0 Å². The SMILES string of the molecule is COc1c(CO)cc(Cl)cc1S(=O)(=O)NCCSC. The molecule has 0 aliphatic heterocycles. The maximum atomic E-state index is 12.2. The Kier molecular flexibility index (Phi) is 6.41. The summed E-state index contributed by atoms with van der Waals surface area (Å²) >= 11 is 7.40. The summed E-state index contributed by atoms with van der Waals surface area (Å²) in [6.45, 7) is -0.0370.